The van der Waals surface area contributed by atoms with Gasteiger partial charge in [0.25, 0.3) is 5.56 Å². The number of carbonyl (C=O) groups excluding carboxylic acids is 1. The minimum Gasteiger partial charge on any atom is -0.344 e. The largest absolute Gasteiger partial charge is 0.344 e. The molecule has 0 spiro atoms. The van der Waals surface area contributed by atoms with E-state index in [2.05, 4.69) is 20.3 Å². The van der Waals surface area contributed by atoms with E-state index in [4.69, 9.17) is 11.6 Å². The van der Waals surface area contributed by atoms with Crippen molar-refractivity contribution in [3.8, 4) is 0 Å². The first-order valence-electron chi connectivity index (χ1n) is 6.84. The molecule has 0 atom stereocenters. The standard InChI is InChI=1S/C14H15ClN4O2S/c1-16-14(21)18-11-12(20)19-22-13(11)17-10-5-8(7-2-3-7)4-9(15)6-10/h4-7,17H,2-3H2,1H3,(H,19,20)(H2,16,18,21). The van der Waals surface area contributed by atoms with Gasteiger partial charge in [0.1, 0.15) is 10.7 Å². The summed E-state index contributed by atoms with van der Waals surface area (Å²) in [7, 11) is 1.49. The number of nitrogens with one attached hydrogen (secondary N) is 4. The number of H-pyrrole nitrogens is 1. The van der Waals surface area contributed by atoms with E-state index in [1.165, 1.54) is 25.5 Å². The molecule has 116 valence electrons. The summed E-state index contributed by atoms with van der Waals surface area (Å²) in [5, 5.41) is 9.27. The Labute approximate surface area is 136 Å². The maximum Gasteiger partial charge on any atom is 0.319 e. The first kappa shape index (κ1) is 14.9. The van der Waals surface area contributed by atoms with E-state index in [0.717, 1.165) is 17.2 Å². The lowest BCUT2D eigenvalue weighted by atomic mass is 10.1. The highest BCUT2D eigenvalue weighted by Gasteiger charge is 2.24. The van der Waals surface area contributed by atoms with Crippen LogP contribution in [0.1, 0.15) is 24.3 Å². The summed E-state index contributed by atoms with van der Waals surface area (Å²) in [6.07, 6.45) is 2.36. The number of amides is 2. The molecule has 1 aliphatic carbocycles. The van der Waals surface area contributed by atoms with Crippen LogP contribution in [0.4, 0.5) is 21.2 Å². The SMILES string of the molecule is CNC(=O)Nc1c(Nc2cc(Cl)cc(C3CC3)c2)s[nH]c1=O. The molecule has 0 bridgehead atoms. The summed E-state index contributed by atoms with van der Waals surface area (Å²) in [6, 6.07) is 5.34. The first-order valence-corrected chi connectivity index (χ1v) is 8.04. The smallest absolute Gasteiger partial charge is 0.319 e. The van der Waals surface area contributed by atoms with Crippen molar-refractivity contribution >= 4 is 45.5 Å². The zero-order chi connectivity index (χ0) is 15.7. The third-order valence-electron chi connectivity index (χ3n) is 3.39. The van der Waals surface area contributed by atoms with Gasteiger partial charge in [-0.1, -0.05) is 11.6 Å². The van der Waals surface area contributed by atoms with Crippen LogP contribution in [0.2, 0.25) is 5.02 Å². The molecule has 2 amide bonds. The Hall–Kier alpha value is -1.99. The number of aromatic nitrogens is 1. The van der Waals surface area contributed by atoms with Gasteiger partial charge in [-0.3, -0.25) is 9.17 Å². The van der Waals surface area contributed by atoms with Crippen molar-refractivity contribution in [1.82, 2.24) is 9.69 Å². The van der Waals surface area contributed by atoms with Gasteiger partial charge in [0.15, 0.2) is 0 Å². The Bertz CT molecular complexity index is 766. The van der Waals surface area contributed by atoms with Crippen LogP contribution in [0.3, 0.4) is 0 Å². The van der Waals surface area contributed by atoms with Gasteiger partial charge in [-0.05, 0) is 54.1 Å². The molecule has 3 rings (SSSR count). The molecule has 1 saturated carbocycles. The van der Waals surface area contributed by atoms with Gasteiger partial charge < -0.3 is 16.0 Å². The number of halogens is 1. The summed E-state index contributed by atoms with van der Waals surface area (Å²) in [6.45, 7) is 0. The van der Waals surface area contributed by atoms with Crippen molar-refractivity contribution in [3.05, 3.63) is 39.1 Å². The van der Waals surface area contributed by atoms with Crippen LogP contribution >= 0.6 is 23.1 Å². The number of benzene rings is 1. The zero-order valence-corrected chi connectivity index (χ0v) is 13.4. The predicted molar refractivity (Wildman–Crippen MR) is 89.7 cm³/mol. The first-order chi connectivity index (χ1) is 10.6. The quantitative estimate of drug-likeness (QED) is 0.688. The van der Waals surface area contributed by atoms with Gasteiger partial charge >= 0.3 is 6.03 Å². The number of hydrogen-bond donors (Lipinski definition) is 4. The molecule has 1 fully saturated rings. The molecule has 1 heterocycles. The molecule has 1 aromatic carbocycles. The molecule has 1 aliphatic rings. The topological polar surface area (TPSA) is 86.0 Å². The molecule has 2 aromatic rings. The van der Waals surface area contributed by atoms with E-state index in [0.29, 0.717) is 15.9 Å². The van der Waals surface area contributed by atoms with Crippen LogP contribution in [0.5, 0.6) is 0 Å². The molecule has 0 aliphatic heterocycles. The third kappa shape index (κ3) is 3.26. The Balaban J connectivity index is 1.87. The average Bonchev–Trinajstić information content (AvgIpc) is 3.28. The van der Waals surface area contributed by atoms with Crippen LogP contribution in [0, 0.1) is 0 Å². The minimum atomic E-state index is -0.447. The van der Waals surface area contributed by atoms with Crippen molar-refractivity contribution in [2.45, 2.75) is 18.8 Å². The maximum atomic E-state index is 11.8. The fraction of sp³-hybridized carbons (Fsp3) is 0.286. The minimum absolute atomic E-state index is 0.192. The second-order valence-electron chi connectivity index (χ2n) is 5.11. The Morgan fingerprint density at radius 3 is 2.82 bits per heavy atom. The second kappa shape index (κ2) is 6.02. The molecule has 0 radical (unpaired) electrons. The van der Waals surface area contributed by atoms with E-state index < -0.39 is 6.03 Å². The van der Waals surface area contributed by atoms with Crippen molar-refractivity contribution in [2.75, 3.05) is 17.7 Å². The van der Waals surface area contributed by atoms with Crippen molar-refractivity contribution in [3.63, 3.8) is 0 Å². The van der Waals surface area contributed by atoms with Gasteiger partial charge in [-0.15, -0.1) is 0 Å². The molecule has 8 heteroatoms. The van der Waals surface area contributed by atoms with E-state index in [1.54, 1.807) is 6.07 Å². The fourth-order valence-electron chi connectivity index (χ4n) is 2.15. The van der Waals surface area contributed by atoms with Gasteiger partial charge in [0, 0.05) is 17.8 Å². The summed E-state index contributed by atoms with van der Waals surface area (Å²) in [4.78, 5) is 23.2. The normalized spacial score (nSPS) is 13.7. The van der Waals surface area contributed by atoms with Crippen LogP contribution < -0.4 is 21.5 Å². The fourth-order valence-corrected chi connectivity index (χ4v) is 3.10. The monoisotopic (exact) mass is 338 g/mol. The summed E-state index contributed by atoms with van der Waals surface area (Å²) in [5.41, 5.74) is 1.83. The summed E-state index contributed by atoms with van der Waals surface area (Å²) < 4.78 is 2.60. The van der Waals surface area contributed by atoms with Gasteiger partial charge in [-0.2, -0.15) is 0 Å². The van der Waals surface area contributed by atoms with E-state index in [9.17, 15) is 9.59 Å². The molecular weight excluding hydrogens is 324 g/mol. The molecule has 6 nitrogen and oxygen atoms in total. The number of rotatable bonds is 4. The molecule has 4 N–H and O–H groups in total. The number of aromatic amines is 1. The van der Waals surface area contributed by atoms with Crippen LogP contribution in [0.25, 0.3) is 0 Å². The number of anilines is 3. The Morgan fingerprint density at radius 1 is 1.36 bits per heavy atom. The maximum absolute atomic E-state index is 11.8. The number of hydrogen-bond acceptors (Lipinski definition) is 4. The van der Waals surface area contributed by atoms with Gasteiger partial charge in [0.2, 0.25) is 0 Å². The highest BCUT2D eigenvalue weighted by Crippen LogP contribution is 2.42. The Morgan fingerprint density at radius 2 is 2.14 bits per heavy atom. The van der Waals surface area contributed by atoms with Crippen LogP contribution in [-0.2, 0) is 0 Å². The van der Waals surface area contributed by atoms with Crippen LogP contribution in [0.15, 0.2) is 23.0 Å². The lowest BCUT2D eigenvalue weighted by Gasteiger charge is -2.09. The second-order valence-corrected chi connectivity index (χ2v) is 6.37. The molecule has 22 heavy (non-hydrogen) atoms. The highest BCUT2D eigenvalue weighted by atomic mass is 35.5. The van der Waals surface area contributed by atoms with Crippen molar-refractivity contribution < 1.29 is 4.79 Å². The molecule has 0 saturated heterocycles. The average molecular weight is 339 g/mol. The summed E-state index contributed by atoms with van der Waals surface area (Å²) in [5.74, 6) is 0.577. The van der Waals surface area contributed by atoms with Crippen molar-refractivity contribution in [2.24, 2.45) is 0 Å². The molecule has 1 aromatic heterocycles. The van der Waals surface area contributed by atoms with E-state index >= 15 is 0 Å². The molecular formula is C14H15ClN4O2S. The number of urea groups is 1. The lowest BCUT2D eigenvalue weighted by molar-refractivity contribution is 0.254. The Kier molecular flexibility index (Phi) is 4.08. The lowest BCUT2D eigenvalue weighted by Crippen LogP contribution is -2.27. The van der Waals surface area contributed by atoms with Crippen LogP contribution in [-0.4, -0.2) is 17.5 Å². The zero-order valence-electron chi connectivity index (χ0n) is 11.8. The highest BCUT2D eigenvalue weighted by molar-refractivity contribution is 7.11. The van der Waals surface area contributed by atoms with Gasteiger partial charge in [-0.25, -0.2) is 4.79 Å². The number of carbonyl (C=O) groups is 1. The third-order valence-corrected chi connectivity index (χ3v) is 4.41. The molecule has 0 unspecified atom stereocenters. The van der Waals surface area contributed by atoms with Gasteiger partial charge in [0.05, 0.1) is 0 Å². The summed E-state index contributed by atoms with van der Waals surface area (Å²) >= 11 is 7.28. The van der Waals surface area contributed by atoms with E-state index in [-0.39, 0.29) is 11.2 Å². The predicted octanol–water partition coefficient (Wildman–Crippen LogP) is 3.46. The van der Waals surface area contributed by atoms with E-state index in [1.807, 2.05) is 12.1 Å². The van der Waals surface area contributed by atoms with Crippen molar-refractivity contribution in [1.29, 1.82) is 0 Å².